The Bertz CT molecular complexity index is 157. The third kappa shape index (κ3) is 2.72. The van der Waals surface area contributed by atoms with Gasteiger partial charge in [0, 0.05) is 18.0 Å². The third-order valence-corrected chi connectivity index (χ3v) is 3.02. The fourth-order valence-electron chi connectivity index (χ4n) is 1.14. The molecule has 0 aliphatic carbocycles. The summed E-state index contributed by atoms with van der Waals surface area (Å²) >= 11 is 1.83. The Balaban J connectivity index is 2.33. The molecule has 1 heterocycles. The molecule has 1 rings (SSSR count). The summed E-state index contributed by atoms with van der Waals surface area (Å²) in [5.41, 5.74) is 0. The van der Waals surface area contributed by atoms with E-state index in [2.05, 4.69) is 23.9 Å². The first-order valence-electron chi connectivity index (χ1n) is 4.08. The Kier molecular flexibility index (Phi) is 3.73. The molecular formula is C9H15NS. The molecule has 0 saturated carbocycles. The quantitative estimate of drug-likeness (QED) is 0.472. The lowest BCUT2D eigenvalue weighted by molar-refractivity contribution is 0.589. The number of nitrogens with zero attached hydrogens (tertiary/aromatic N) is 1. The average Bonchev–Trinajstić information content (AvgIpc) is 2.52. The lowest BCUT2D eigenvalue weighted by Crippen LogP contribution is -2.08. The maximum atomic E-state index is 3.76. The van der Waals surface area contributed by atoms with Gasteiger partial charge in [-0.15, -0.1) is 0 Å². The zero-order chi connectivity index (χ0) is 8.10. The maximum absolute atomic E-state index is 3.76. The van der Waals surface area contributed by atoms with Crippen molar-refractivity contribution < 1.29 is 0 Å². The molecule has 1 aliphatic heterocycles. The summed E-state index contributed by atoms with van der Waals surface area (Å²) in [6.07, 6.45) is 6.72. The first-order chi connectivity index (χ1) is 5.36. The minimum absolute atomic E-state index is 1.23. The van der Waals surface area contributed by atoms with Gasteiger partial charge in [-0.25, -0.2) is 4.31 Å². The highest BCUT2D eigenvalue weighted by Crippen LogP contribution is 2.25. The fourth-order valence-corrected chi connectivity index (χ4v) is 2.06. The van der Waals surface area contributed by atoms with E-state index in [9.17, 15) is 0 Å². The molecule has 0 spiro atoms. The van der Waals surface area contributed by atoms with Crippen molar-refractivity contribution in [1.29, 1.82) is 0 Å². The highest BCUT2D eigenvalue weighted by molar-refractivity contribution is 8.01. The largest absolute Gasteiger partial charge is 0.246 e. The van der Waals surface area contributed by atoms with Gasteiger partial charge in [-0.05, 0) is 31.7 Å². The van der Waals surface area contributed by atoms with E-state index in [1.165, 1.54) is 30.8 Å². The van der Waals surface area contributed by atoms with Gasteiger partial charge in [0.25, 0.3) is 0 Å². The Hall–Kier alpha value is -0.210. The van der Waals surface area contributed by atoms with Crippen LogP contribution in [0.3, 0.4) is 0 Å². The van der Waals surface area contributed by atoms with Gasteiger partial charge in [0.1, 0.15) is 0 Å². The number of hydrogen-bond acceptors (Lipinski definition) is 2. The molecule has 0 unspecified atom stereocenters. The van der Waals surface area contributed by atoms with Crippen LogP contribution in [0.15, 0.2) is 23.6 Å². The SMILES string of the molecule is C=C/C(=C\C)SN1CCCC1. The summed E-state index contributed by atoms with van der Waals surface area (Å²) in [5.74, 6) is 0. The zero-order valence-corrected chi connectivity index (χ0v) is 7.86. The Labute approximate surface area is 73.3 Å². The van der Waals surface area contributed by atoms with Crippen LogP contribution in [0.1, 0.15) is 19.8 Å². The molecule has 0 amide bonds. The fraction of sp³-hybridized carbons (Fsp3) is 0.556. The van der Waals surface area contributed by atoms with Gasteiger partial charge in [-0.2, -0.15) is 0 Å². The predicted octanol–water partition coefficient (Wildman–Crippen LogP) is 2.82. The second-order valence-electron chi connectivity index (χ2n) is 2.62. The highest BCUT2D eigenvalue weighted by atomic mass is 32.2. The second kappa shape index (κ2) is 4.62. The van der Waals surface area contributed by atoms with Crippen LogP contribution in [0, 0.1) is 0 Å². The Morgan fingerprint density at radius 1 is 1.45 bits per heavy atom. The molecule has 1 fully saturated rings. The highest BCUT2D eigenvalue weighted by Gasteiger charge is 2.11. The molecule has 0 aromatic heterocycles. The normalized spacial score (nSPS) is 20.6. The van der Waals surface area contributed by atoms with Gasteiger partial charge in [-0.3, -0.25) is 0 Å². The van der Waals surface area contributed by atoms with Crippen LogP contribution in [0.4, 0.5) is 0 Å². The molecule has 1 nitrogen and oxygen atoms in total. The van der Waals surface area contributed by atoms with E-state index in [0.29, 0.717) is 0 Å². The lowest BCUT2D eigenvalue weighted by Gasteiger charge is -2.12. The van der Waals surface area contributed by atoms with E-state index < -0.39 is 0 Å². The zero-order valence-electron chi connectivity index (χ0n) is 7.05. The molecule has 0 aromatic carbocycles. The van der Waals surface area contributed by atoms with Gasteiger partial charge in [0.2, 0.25) is 0 Å². The monoisotopic (exact) mass is 169 g/mol. The van der Waals surface area contributed by atoms with Crippen molar-refractivity contribution in [2.45, 2.75) is 19.8 Å². The molecule has 0 bridgehead atoms. The van der Waals surface area contributed by atoms with Crippen molar-refractivity contribution in [1.82, 2.24) is 4.31 Å². The van der Waals surface area contributed by atoms with Crippen molar-refractivity contribution >= 4 is 11.9 Å². The van der Waals surface area contributed by atoms with E-state index in [1.807, 2.05) is 18.0 Å². The maximum Gasteiger partial charge on any atom is 0.0181 e. The van der Waals surface area contributed by atoms with Crippen LogP contribution in [0.25, 0.3) is 0 Å². The second-order valence-corrected chi connectivity index (χ2v) is 3.79. The first kappa shape index (κ1) is 8.88. The van der Waals surface area contributed by atoms with Crippen LogP contribution in [-0.4, -0.2) is 17.4 Å². The molecule has 0 radical (unpaired) electrons. The molecular weight excluding hydrogens is 154 g/mol. The van der Waals surface area contributed by atoms with E-state index in [4.69, 9.17) is 0 Å². The molecule has 62 valence electrons. The first-order valence-corrected chi connectivity index (χ1v) is 4.86. The standard InChI is InChI=1S/C9H15NS/c1-3-9(4-2)11-10-7-5-6-8-10/h3-4H,1,5-8H2,2H3/b9-4+. The summed E-state index contributed by atoms with van der Waals surface area (Å²) in [6, 6.07) is 0. The number of hydrogen-bond donors (Lipinski definition) is 0. The van der Waals surface area contributed by atoms with Crippen LogP contribution >= 0.6 is 11.9 Å². The lowest BCUT2D eigenvalue weighted by atomic mass is 10.4. The van der Waals surface area contributed by atoms with Gasteiger partial charge >= 0.3 is 0 Å². The smallest absolute Gasteiger partial charge is 0.0181 e. The van der Waals surface area contributed by atoms with E-state index >= 15 is 0 Å². The van der Waals surface area contributed by atoms with Crippen LogP contribution in [-0.2, 0) is 0 Å². The van der Waals surface area contributed by atoms with Crippen molar-refractivity contribution in [2.24, 2.45) is 0 Å². The summed E-state index contributed by atoms with van der Waals surface area (Å²) in [7, 11) is 0. The van der Waals surface area contributed by atoms with Crippen LogP contribution in [0.5, 0.6) is 0 Å². The molecule has 11 heavy (non-hydrogen) atoms. The van der Waals surface area contributed by atoms with Gasteiger partial charge in [0.15, 0.2) is 0 Å². The minimum Gasteiger partial charge on any atom is -0.246 e. The third-order valence-electron chi connectivity index (χ3n) is 1.79. The molecule has 0 aromatic rings. The molecule has 0 atom stereocenters. The van der Waals surface area contributed by atoms with E-state index in [0.717, 1.165) is 0 Å². The van der Waals surface area contributed by atoms with Gasteiger partial charge in [-0.1, -0.05) is 18.7 Å². The van der Waals surface area contributed by atoms with Crippen LogP contribution in [0.2, 0.25) is 0 Å². The van der Waals surface area contributed by atoms with Crippen molar-refractivity contribution in [3.8, 4) is 0 Å². The summed E-state index contributed by atoms with van der Waals surface area (Å²) < 4.78 is 2.40. The van der Waals surface area contributed by atoms with Gasteiger partial charge in [0.05, 0.1) is 0 Å². The molecule has 1 aliphatic rings. The van der Waals surface area contributed by atoms with Crippen LogP contribution < -0.4 is 0 Å². The Morgan fingerprint density at radius 2 is 2.09 bits per heavy atom. The van der Waals surface area contributed by atoms with Crippen molar-refractivity contribution in [2.75, 3.05) is 13.1 Å². The van der Waals surface area contributed by atoms with E-state index in [-0.39, 0.29) is 0 Å². The summed E-state index contributed by atoms with van der Waals surface area (Å²) in [6.45, 7) is 8.28. The number of rotatable bonds is 3. The average molecular weight is 169 g/mol. The van der Waals surface area contributed by atoms with Crippen molar-refractivity contribution in [3.63, 3.8) is 0 Å². The van der Waals surface area contributed by atoms with Gasteiger partial charge < -0.3 is 0 Å². The molecule has 1 saturated heterocycles. The molecule has 0 N–H and O–H groups in total. The predicted molar refractivity (Wildman–Crippen MR) is 52.4 cm³/mol. The number of allylic oxidation sites excluding steroid dienone is 2. The van der Waals surface area contributed by atoms with Crippen molar-refractivity contribution in [3.05, 3.63) is 23.6 Å². The summed E-state index contributed by atoms with van der Waals surface area (Å²) in [5, 5.41) is 0. The topological polar surface area (TPSA) is 3.24 Å². The molecule has 2 heteroatoms. The Morgan fingerprint density at radius 3 is 2.55 bits per heavy atom. The minimum atomic E-state index is 1.23. The summed E-state index contributed by atoms with van der Waals surface area (Å²) in [4.78, 5) is 1.27. The van der Waals surface area contributed by atoms with E-state index in [1.54, 1.807) is 0 Å².